The maximum Gasteiger partial charge on any atom is 0.0756 e. The first-order valence-corrected chi connectivity index (χ1v) is 9.15. The molecule has 118 valence electrons. The monoisotopic (exact) mass is 281 g/mol. The maximum absolute atomic E-state index is 6.75. The van der Waals surface area contributed by atoms with Crippen LogP contribution in [0, 0.1) is 17.8 Å². The molecule has 0 spiro atoms. The minimum atomic E-state index is 0.267. The Morgan fingerprint density at radius 3 is 2.25 bits per heavy atom. The van der Waals surface area contributed by atoms with Gasteiger partial charge < -0.3 is 10.5 Å². The average molecular weight is 281 g/mol. The van der Waals surface area contributed by atoms with Crippen molar-refractivity contribution in [3.8, 4) is 0 Å². The SMILES string of the molecule is CCOC(C1CCCCC1)C(N)C1CCCCC1CC. The summed E-state index contributed by atoms with van der Waals surface area (Å²) in [7, 11) is 0. The van der Waals surface area contributed by atoms with Crippen molar-refractivity contribution < 1.29 is 4.74 Å². The van der Waals surface area contributed by atoms with Crippen LogP contribution in [0.1, 0.15) is 78.1 Å². The third-order valence-corrected chi connectivity index (χ3v) is 5.84. The fourth-order valence-electron chi connectivity index (χ4n) is 4.71. The van der Waals surface area contributed by atoms with Gasteiger partial charge in [0.25, 0.3) is 0 Å². The molecule has 0 aromatic carbocycles. The third-order valence-electron chi connectivity index (χ3n) is 5.84. The highest BCUT2D eigenvalue weighted by molar-refractivity contribution is 4.91. The van der Waals surface area contributed by atoms with Crippen LogP contribution in [0.15, 0.2) is 0 Å². The normalized spacial score (nSPS) is 31.9. The highest BCUT2D eigenvalue weighted by Crippen LogP contribution is 2.38. The topological polar surface area (TPSA) is 35.2 Å². The molecular weight excluding hydrogens is 246 g/mol. The Hall–Kier alpha value is -0.0800. The van der Waals surface area contributed by atoms with E-state index in [4.69, 9.17) is 10.5 Å². The van der Waals surface area contributed by atoms with Gasteiger partial charge in [0.2, 0.25) is 0 Å². The van der Waals surface area contributed by atoms with Gasteiger partial charge in [0, 0.05) is 12.6 Å². The Morgan fingerprint density at radius 1 is 0.950 bits per heavy atom. The number of rotatable bonds is 6. The summed E-state index contributed by atoms with van der Waals surface area (Å²) in [6.45, 7) is 5.28. The second-order valence-corrected chi connectivity index (χ2v) is 7.01. The summed E-state index contributed by atoms with van der Waals surface area (Å²) in [6.07, 6.45) is 13.9. The second-order valence-electron chi connectivity index (χ2n) is 7.01. The molecule has 0 bridgehead atoms. The van der Waals surface area contributed by atoms with Crippen LogP contribution in [-0.4, -0.2) is 18.8 Å². The molecule has 0 radical (unpaired) electrons. The summed E-state index contributed by atoms with van der Waals surface area (Å²) in [5.41, 5.74) is 6.75. The van der Waals surface area contributed by atoms with Gasteiger partial charge in [-0.25, -0.2) is 0 Å². The molecule has 2 aliphatic carbocycles. The molecule has 2 nitrogen and oxygen atoms in total. The molecule has 2 N–H and O–H groups in total. The summed E-state index contributed by atoms with van der Waals surface area (Å²) in [4.78, 5) is 0. The molecule has 0 aromatic heterocycles. The van der Waals surface area contributed by atoms with Crippen molar-refractivity contribution in [3.05, 3.63) is 0 Å². The molecule has 0 heterocycles. The Labute approximate surface area is 125 Å². The molecule has 0 aromatic rings. The van der Waals surface area contributed by atoms with Crippen molar-refractivity contribution in [3.63, 3.8) is 0 Å². The maximum atomic E-state index is 6.75. The van der Waals surface area contributed by atoms with E-state index in [1.807, 2.05) is 0 Å². The Morgan fingerprint density at radius 2 is 1.60 bits per heavy atom. The molecule has 0 amide bonds. The van der Waals surface area contributed by atoms with Crippen LogP contribution in [-0.2, 0) is 4.74 Å². The van der Waals surface area contributed by atoms with Crippen molar-refractivity contribution in [2.75, 3.05) is 6.61 Å². The van der Waals surface area contributed by atoms with Crippen LogP contribution in [0.2, 0.25) is 0 Å². The third kappa shape index (κ3) is 3.98. The molecule has 2 rings (SSSR count). The molecule has 4 unspecified atom stereocenters. The zero-order valence-electron chi connectivity index (χ0n) is 13.7. The fraction of sp³-hybridized carbons (Fsp3) is 1.00. The number of ether oxygens (including phenoxy) is 1. The predicted octanol–water partition coefficient (Wildman–Crippen LogP) is 4.52. The lowest BCUT2D eigenvalue weighted by molar-refractivity contribution is -0.0333. The highest BCUT2D eigenvalue weighted by atomic mass is 16.5. The first-order valence-electron chi connectivity index (χ1n) is 9.15. The van der Waals surface area contributed by atoms with Gasteiger partial charge in [-0.15, -0.1) is 0 Å². The van der Waals surface area contributed by atoms with Crippen LogP contribution < -0.4 is 5.73 Å². The molecule has 2 fully saturated rings. The van der Waals surface area contributed by atoms with E-state index < -0.39 is 0 Å². The van der Waals surface area contributed by atoms with Gasteiger partial charge in [0.05, 0.1) is 6.10 Å². The van der Waals surface area contributed by atoms with E-state index in [9.17, 15) is 0 Å². The quantitative estimate of drug-likeness (QED) is 0.777. The summed E-state index contributed by atoms with van der Waals surface area (Å²) in [5.74, 6) is 2.26. The highest BCUT2D eigenvalue weighted by Gasteiger charge is 2.37. The van der Waals surface area contributed by atoms with Gasteiger partial charge in [0.15, 0.2) is 0 Å². The molecule has 0 saturated heterocycles. The van der Waals surface area contributed by atoms with Crippen LogP contribution in [0.5, 0.6) is 0 Å². The van der Waals surface area contributed by atoms with E-state index in [1.165, 1.54) is 64.2 Å². The van der Waals surface area contributed by atoms with Gasteiger partial charge >= 0.3 is 0 Å². The largest absolute Gasteiger partial charge is 0.377 e. The molecule has 2 saturated carbocycles. The first kappa shape index (κ1) is 16.3. The molecule has 20 heavy (non-hydrogen) atoms. The van der Waals surface area contributed by atoms with Gasteiger partial charge in [-0.05, 0) is 43.9 Å². The van der Waals surface area contributed by atoms with Gasteiger partial charge in [-0.3, -0.25) is 0 Å². The van der Waals surface area contributed by atoms with Crippen LogP contribution in [0.25, 0.3) is 0 Å². The lowest BCUT2D eigenvalue weighted by Gasteiger charge is -2.42. The lowest BCUT2D eigenvalue weighted by Crippen LogP contribution is -2.50. The van der Waals surface area contributed by atoms with Crippen molar-refractivity contribution in [1.82, 2.24) is 0 Å². The molecule has 0 aliphatic heterocycles. The van der Waals surface area contributed by atoms with Gasteiger partial charge in [0.1, 0.15) is 0 Å². The summed E-state index contributed by atoms with van der Waals surface area (Å²) in [6, 6.07) is 0.267. The zero-order chi connectivity index (χ0) is 14.4. The lowest BCUT2D eigenvalue weighted by atomic mass is 9.70. The van der Waals surface area contributed by atoms with Crippen LogP contribution in [0.3, 0.4) is 0 Å². The molecule has 2 heteroatoms. The standard InChI is InChI=1S/C18H35NO/c1-3-14-10-8-9-13-16(14)17(19)18(20-4-2)15-11-6-5-7-12-15/h14-18H,3-13,19H2,1-2H3. The number of hydrogen-bond donors (Lipinski definition) is 1. The zero-order valence-corrected chi connectivity index (χ0v) is 13.7. The summed E-state index contributed by atoms with van der Waals surface area (Å²) >= 11 is 0. The Bertz CT molecular complexity index is 262. The Kier molecular flexibility index (Phi) is 6.83. The van der Waals surface area contributed by atoms with Crippen LogP contribution >= 0.6 is 0 Å². The summed E-state index contributed by atoms with van der Waals surface area (Å²) in [5, 5.41) is 0. The van der Waals surface area contributed by atoms with Gasteiger partial charge in [-0.1, -0.05) is 51.9 Å². The predicted molar refractivity (Wildman–Crippen MR) is 85.7 cm³/mol. The van der Waals surface area contributed by atoms with E-state index >= 15 is 0 Å². The van der Waals surface area contributed by atoms with E-state index in [2.05, 4.69) is 13.8 Å². The van der Waals surface area contributed by atoms with E-state index in [0.29, 0.717) is 12.0 Å². The van der Waals surface area contributed by atoms with Gasteiger partial charge in [-0.2, -0.15) is 0 Å². The number of hydrogen-bond acceptors (Lipinski definition) is 2. The van der Waals surface area contributed by atoms with E-state index in [1.54, 1.807) is 0 Å². The van der Waals surface area contributed by atoms with E-state index in [0.717, 1.165) is 18.4 Å². The van der Waals surface area contributed by atoms with Crippen molar-refractivity contribution in [1.29, 1.82) is 0 Å². The molecular formula is C18H35NO. The average Bonchev–Trinajstić information content (AvgIpc) is 2.52. The molecule has 4 atom stereocenters. The first-order chi connectivity index (χ1) is 9.77. The van der Waals surface area contributed by atoms with Crippen molar-refractivity contribution >= 4 is 0 Å². The smallest absolute Gasteiger partial charge is 0.0756 e. The minimum absolute atomic E-state index is 0.267. The van der Waals surface area contributed by atoms with Crippen molar-refractivity contribution in [2.24, 2.45) is 23.5 Å². The Balaban J connectivity index is 2.02. The second kappa shape index (κ2) is 8.38. The fourth-order valence-corrected chi connectivity index (χ4v) is 4.71. The van der Waals surface area contributed by atoms with Crippen LogP contribution in [0.4, 0.5) is 0 Å². The summed E-state index contributed by atoms with van der Waals surface area (Å²) < 4.78 is 6.16. The van der Waals surface area contributed by atoms with E-state index in [-0.39, 0.29) is 6.04 Å². The molecule has 2 aliphatic rings. The minimum Gasteiger partial charge on any atom is -0.377 e. The number of nitrogens with two attached hydrogens (primary N) is 1. The van der Waals surface area contributed by atoms with Crippen molar-refractivity contribution in [2.45, 2.75) is 90.2 Å².